The van der Waals surface area contributed by atoms with Crippen LogP contribution in [-0.4, -0.2) is 77.9 Å². The largest absolute Gasteiger partial charge is 0.345 e. The van der Waals surface area contributed by atoms with Crippen molar-refractivity contribution in [3.8, 4) is 6.07 Å². The number of aromatic nitrogens is 1. The molecule has 3 heterocycles. The molecule has 2 aliphatic rings. The van der Waals surface area contributed by atoms with Crippen molar-refractivity contribution in [1.29, 1.82) is 5.26 Å². The maximum atomic E-state index is 13.7. The van der Waals surface area contributed by atoms with Crippen molar-refractivity contribution in [3.05, 3.63) is 95.8 Å². The molecule has 2 aliphatic heterocycles. The van der Waals surface area contributed by atoms with E-state index in [9.17, 15) is 4.79 Å². The van der Waals surface area contributed by atoms with Crippen LogP contribution in [0.2, 0.25) is 0 Å². The van der Waals surface area contributed by atoms with Crippen molar-refractivity contribution in [2.45, 2.75) is 44.3 Å². The van der Waals surface area contributed by atoms with Crippen LogP contribution in [0.3, 0.4) is 0 Å². The lowest BCUT2D eigenvalue weighted by Gasteiger charge is -2.43. The van der Waals surface area contributed by atoms with E-state index >= 15 is 0 Å². The molecule has 7 nitrogen and oxygen atoms in total. The average Bonchev–Trinajstić information content (AvgIpc) is 3.03. The van der Waals surface area contributed by atoms with Gasteiger partial charge in [-0.2, -0.15) is 5.26 Å². The molecule has 0 aliphatic carbocycles. The van der Waals surface area contributed by atoms with Gasteiger partial charge in [-0.1, -0.05) is 24.3 Å². The van der Waals surface area contributed by atoms with E-state index in [2.05, 4.69) is 62.0 Å². The van der Waals surface area contributed by atoms with Gasteiger partial charge in [0, 0.05) is 68.6 Å². The van der Waals surface area contributed by atoms with E-state index in [0.29, 0.717) is 18.2 Å². The van der Waals surface area contributed by atoms with Gasteiger partial charge >= 0.3 is 0 Å². The van der Waals surface area contributed by atoms with Gasteiger partial charge in [0.25, 0.3) is 0 Å². The Hall–Kier alpha value is -3.99. The summed E-state index contributed by atoms with van der Waals surface area (Å²) in [5.74, 6) is 0.0325. The van der Waals surface area contributed by atoms with Gasteiger partial charge < -0.3 is 19.6 Å². The van der Waals surface area contributed by atoms with E-state index in [0.717, 1.165) is 48.4 Å². The SMILES string of the molecule is CN1CCC(N2CCC(N(Cc3ccc(N(C)c4ccncc4)cc3)C(=O)/C=C/c3ccc(C#N)cc3)CC2)CC1. The number of piperidine rings is 2. The van der Waals surface area contributed by atoms with Gasteiger partial charge in [0.15, 0.2) is 0 Å². The monoisotopic (exact) mass is 548 g/mol. The predicted molar refractivity (Wildman–Crippen MR) is 165 cm³/mol. The minimum absolute atomic E-state index is 0.0325. The minimum Gasteiger partial charge on any atom is -0.345 e. The first-order valence-electron chi connectivity index (χ1n) is 14.6. The molecular weight excluding hydrogens is 508 g/mol. The highest BCUT2D eigenvalue weighted by atomic mass is 16.2. The Labute approximate surface area is 244 Å². The number of benzene rings is 2. The Morgan fingerprint density at radius 2 is 1.56 bits per heavy atom. The van der Waals surface area contributed by atoms with E-state index in [4.69, 9.17) is 5.26 Å². The Morgan fingerprint density at radius 1 is 0.927 bits per heavy atom. The van der Waals surface area contributed by atoms with Crippen LogP contribution in [-0.2, 0) is 11.3 Å². The first kappa shape index (κ1) is 28.5. The van der Waals surface area contributed by atoms with Crippen LogP contribution in [0, 0.1) is 11.3 Å². The van der Waals surface area contributed by atoms with Crippen LogP contribution in [0.25, 0.3) is 6.08 Å². The molecule has 0 spiro atoms. The van der Waals surface area contributed by atoms with Crippen LogP contribution in [0.5, 0.6) is 0 Å². The summed E-state index contributed by atoms with van der Waals surface area (Å²) in [6, 6.07) is 22.8. The van der Waals surface area contributed by atoms with Gasteiger partial charge in [-0.25, -0.2) is 0 Å². The van der Waals surface area contributed by atoms with Crippen LogP contribution < -0.4 is 4.90 Å². The Morgan fingerprint density at radius 3 is 2.20 bits per heavy atom. The summed E-state index contributed by atoms with van der Waals surface area (Å²) >= 11 is 0. The summed E-state index contributed by atoms with van der Waals surface area (Å²) in [4.78, 5) is 27.1. The summed E-state index contributed by atoms with van der Waals surface area (Å²) in [5.41, 5.74) is 4.82. The molecule has 2 fully saturated rings. The van der Waals surface area contributed by atoms with Crippen LogP contribution in [0.1, 0.15) is 42.4 Å². The summed E-state index contributed by atoms with van der Waals surface area (Å²) < 4.78 is 0. The molecule has 0 saturated carbocycles. The quantitative estimate of drug-likeness (QED) is 0.355. The van der Waals surface area contributed by atoms with Crippen LogP contribution in [0.4, 0.5) is 11.4 Å². The molecule has 1 aromatic heterocycles. The Balaban J connectivity index is 1.29. The topological polar surface area (TPSA) is 66.7 Å². The van der Waals surface area contributed by atoms with Crippen LogP contribution >= 0.6 is 0 Å². The third-order valence-electron chi connectivity index (χ3n) is 8.61. The second-order valence-electron chi connectivity index (χ2n) is 11.3. The molecule has 2 aromatic carbocycles. The number of hydrogen-bond donors (Lipinski definition) is 0. The molecule has 0 bridgehead atoms. The molecule has 7 heteroatoms. The highest BCUT2D eigenvalue weighted by Crippen LogP contribution is 2.27. The Kier molecular flexibility index (Phi) is 9.45. The maximum Gasteiger partial charge on any atom is 0.247 e. The van der Waals surface area contributed by atoms with Gasteiger partial charge in [-0.05, 0) is 99.4 Å². The molecule has 1 amide bonds. The molecule has 0 atom stereocenters. The van der Waals surface area contributed by atoms with Gasteiger partial charge in [0.05, 0.1) is 11.6 Å². The third-order valence-corrected chi connectivity index (χ3v) is 8.61. The first-order valence-corrected chi connectivity index (χ1v) is 14.6. The number of nitriles is 1. The molecule has 0 N–H and O–H groups in total. The summed E-state index contributed by atoms with van der Waals surface area (Å²) in [7, 11) is 4.26. The summed E-state index contributed by atoms with van der Waals surface area (Å²) in [5, 5.41) is 9.08. The van der Waals surface area contributed by atoms with Crippen molar-refractivity contribution < 1.29 is 4.79 Å². The number of carbonyl (C=O) groups excluding carboxylic acids is 1. The van der Waals surface area contributed by atoms with E-state index in [1.54, 1.807) is 30.6 Å². The molecule has 0 unspecified atom stereocenters. The molecule has 0 radical (unpaired) electrons. The standard InChI is InChI=1S/C34H40N6O/c1-37-21-15-32(16-22-37)39-23-17-33(18-24-39)40(34(41)12-9-27-3-5-28(25-35)6-4-27)26-29-7-10-30(11-8-29)38(2)31-13-19-36-20-14-31/h3-14,19-20,32-33H,15-18,21-24,26H2,1-2H3/b12-9+. The number of anilines is 2. The number of amides is 1. The third kappa shape index (κ3) is 7.40. The highest BCUT2D eigenvalue weighted by Gasteiger charge is 2.31. The molecule has 3 aromatic rings. The number of rotatable bonds is 8. The van der Waals surface area contributed by atoms with E-state index in [1.807, 2.05) is 37.4 Å². The second-order valence-corrected chi connectivity index (χ2v) is 11.3. The fraction of sp³-hybridized carbons (Fsp3) is 0.382. The van der Waals surface area contributed by atoms with Gasteiger partial charge in [0.1, 0.15) is 0 Å². The zero-order valence-corrected chi connectivity index (χ0v) is 24.2. The van der Waals surface area contributed by atoms with Gasteiger partial charge in [-0.15, -0.1) is 0 Å². The molecule has 41 heavy (non-hydrogen) atoms. The van der Waals surface area contributed by atoms with Crippen molar-refractivity contribution >= 4 is 23.4 Å². The number of nitrogens with zero attached hydrogens (tertiary/aromatic N) is 6. The number of likely N-dealkylation sites (tertiary alicyclic amines) is 2. The van der Waals surface area contributed by atoms with E-state index in [-0.39, 0.29) is 11.9 Å². The van der Waals surface area contributed by atoms with Crippen LogP contribution in [0.15, 0.2) is 79.1 Å². The smallest absolute Gasteiger partial charge is 0.247 e. The first-order chi connectivity index (χ1) is 20.0. The lowest BCUT2D eigenvalue weighted by molar-refractivity contribution is -0.130. The molecule has 212 valence electrons. The zero-order valence-electron chi connectivity index (χ0n) is 24.2. The summed E-state index contributed by atoms with van der Waals surface area (Å²) in [6.45, 7) is 4.99. The zero-order chi connectivity index (χ0) is 28.6. The molecular formula is C34H40N6O. The van der Waals surface area contributed by atoms with E-state index < -0.39 is 0 Å². The lowest BCUT2D eigenvalue weighted by atomic mass is 9.96. The number of pyridine rings is 1. The van der Waals surface area contributed by atoms with Crippen molar-refractivity contribution in [1.82, 2.24) is 19.7 Å². The van der Waals surface area contributed by atoms with Crippen molar-refractivity contribution in [3.63, 3.8) is 0 Å². The number of carbonyl (C=O) groups is 1. The highest BCUT2D eigenvalue weighted by molar-refractivity contribution is 5.92. The fourth-order valence-corrected chi connectivity index (χ4v) is 5.98. The number of hydrogen-bond acceptors (Lipinski definition) is 6. The second kappa shape index (κ2) is 13.6. The molecule has 5 rings (SSSR count). The maximum absolute atomic E-state index is 13.7. The minimum atomic E-state index is 0.0325. The van der Waals surface area contributed by atoms with E-state index in [1.165, 1.54) is 25.9 Å². The van der Waals surface area contributed by atoms with Gasteiger partial charge in [-0.3, -0.25) is 9.78 Å². The molecule has 2 saturated heterocycles. The van der Waals surface area contributed by atoms with Crippen molar-refractivity contribution in [2.75, 3.05) is 45.2 Å². The average molecular weight is 549 g/mol. The Bertz CT molecular complexity index is 1330. The predicted octanol–water partition coefficient (Wildman–Crippen LogP) is 5.32. The fourth-order valence-electron chi connectivity index (χ4n) is 5.98. The van der Waals surface area contributed by atoms with Crippen molar-refractivity contribution in [2.24, 2.45) is 0 Å². The van der Waals surface area contributed by atoms with Gasteiger partial charge in [0.2, 0.25) is 5.91 Å². The summed E-state index contributed by atoms with van der Waals surface area (Å²) in [6.07, 6.45) is 11.6. The lowest BCUT2D eigenvalue weighted by Crippen LogP contribution is -2.51. The normalized spacial score (nSPS) is 17.4.